The van der Waals surface area contributed by atoms with E-state index >= 15 is 0 Å². The number of benzene rings is 1. The number of hydrogen-bond acceptors (Lipinski definition) is 4. The monoisotopic (exact) mass is 363 g/mol. The van der Waals surface area contributed by atoms with E-state index in [9.17, 15) is 14.7 Å². The van der Waals surface area contributed by atoms with Gasteiger partial charge in [0.05, 0.1) is 29.6 Å². The number of thiophene rings is 1. The second-order valence-electron chi connectivity index (χ2n) is 5.29. The molecule has 1 N–H and O–H groups in total. The maximum atomic E-state index is 12.9. The lowest BCUT2D eigenvalue weighted by molar-refractivity contribution is -0.136. The molecule has 0 saturated heterocycles. The highest BCUT2D eigenvalue weighted by atomic mass is 35.5. The summed E-state index contributed by atoms with van der Waals surface area (Å²) in [5, 5.41) is 13.8. The Morgan fingerprint density at radius 2 is 2.12 bits per heavy atom. The zero-order valence-corrected chi connectivity index (χ0v) is 14.6. The highest BCUT2D eigenvalue weighted by molar-refractivity contribution is 7.08. The number of rotatable bonds is 4. The molecule has 7 heteroatoms. The molecule has 3 rings (SSSR count). The van der Waals surface area contributed by atoms with E-state index in [0.29, 0.717) is 38.5 Å². The first-order valence-corrected chi connectivity index (χ1v) is 8.42. The molecule has 0 bridgehead atoms. The Morgan fingerprint density at radius 1 is 1.38 bits per heavy atom. The van der Waals surface area contributed by atoms with Gasteiger partial charge in [-0.05, 0) is 36.1 Å². The number of halogens is 1. The van der Waals surface area contributed by atoms with Crippen molar-refractivity contribution in [2.75, 3.05) is 7.11 Å². The first-order chi connectivity index (χ1) is 11.4. The van der Waals surface area contributed by atoms with Crippen LogP contribution in [0.15, 0.2) is 29.0 Å². The Bertz CT molecular complexity index is 944. The van der Waals surface area contributed by atoms with Crippen LogP contribution >= 0.6 is 22.9 Å². The van der Waals surface area contributed by atoms with Gasteiger partial charge in [-0.15, -0.1) is 0 Å². The Hall–Kier alpha value is -2.31. The Kier molecular flexibility index (Phi) is 4.34. The summed E-state index contributed by atoms with van der Waals surface area (Å²) in [6, 6.07) is 5.05. The molecule has 0 unspecified atom stereocenters. The highest BCUT2D eigenvalue weighted by Crippen LogP contribution is 2.35. The lowest BCUT2D eigenvalue weighted by Gasteiger charge is -2.07. The zero-order chi connectivity index (χ0) is 17.4. The molecule has 1 aromatic carbocycles. The molecule has 0 amide bonds. The standard InChI is InChI=1S/C17H14ClNO4S/c1-9-11(6-16(20)21)12-5-15(23-2)13(18)7-14(12)19(9)17(22)10-3-4-24-8-10/h3-5,7-8H,6H2,1-2H3,(H,20,21). The normalized spacial score (nSPS) is 11.0. The molecular formula is C17H14ClNO4S. The summed E-state index contributed by atoms with van der Waals surface area (Å²) in [6.45, 7) is 1.74. The third kappa shape index (κ3) is 2.68. The first-order valence-electron chi connectivity index (χ1n) is 7.10. The van der Waals surface area contributed by atoms with Gasteiger partial charge >= 0.3 is 5.97 Å². The van der Waals surface area contributed by atoms with Crippen LogP contribution in [0, 0.1) is 6.92 Å². The van der Waals surface area contributed by atoms with Gasteiger partial charge in [-0.25, -0.2) is 0 Å². The summed E-state index contributed by atoms with van der Waals surface area (Å²) in [4.78, 5) is 24.1. The molecular weight excluding hydrogens is 350 g/mol. The predicted octanol–water partition coefficient (Wildman–Crippen LogP) is 3.99. The molecule has 0 spiro atoms. The number of methoxy groups -OCH3 is 1. The third-order valence-corrected chi connectivity index (χ3v) is 4.89. The van der Waals surface area contributed by atoms with Crippen molar-refractivity contribution >= 4 is 45.7 Å². The van der Waals surface area contributed by atoms with Crippen LogP contribution in [0.2, 0.25) is 5.02 Å². The van der Waals surface area contributed by atoms with E-state index in [1.54, 1.807) is 30.5 Å². The summed E-state index contributed by atoms with van der Waals surface area (Å²) in [5.41, 5.74) is 2.29. The van der Waals surface area contributed by atoms with Crippen LogP contribution in [0.25, 0.3) is 10.9 Å². The van der Waals surface area contributed by atoms with Crippen molar-refractivity contribution in [3.63, 3.8) is 0 Å². The van der Waals surface area contributed by atoms with Crippen molar-refractivity contribution in [1.29, 1.82) is 0 Å². The number of aromatic nitrogens is 1. The highest BCUT2D eigenvalue weighted by Gasteiger charge is 2.23. The fraction of sp³-hybridized carbons (Fsp3) is 0.176. The molecule has 24 heavy (non-hydrogen) atoms. The maximum absolute atomic E-state index is 12.9. The number of carbonyl (C=O) groups is 2. The van der Waals surface area contributed by atoms with Gasteiger partial charge in [-0.2, -0.15) is 11.3 Å². The van der Waals surface area contributed by atoms with Crippen molar-refractivity contribution in [3.05, 3.63) is 50.8 Å². The smallest absolute Gasteiger partial charge is 0.307 e. The average Bonchev–Trinajstić information content (AvgIpc) is 3.14. The molecule has 2 aromatic heterocycles. The second kappa shape index (κ2) is 6.30. The molecule has 0 fully saturated rings. The molecule has 0 aliphatic carbocycles. The SMILES string of the molecule is COc1cc2c(CC(=O)O)c(C)n(C(=O)c3ccsc3)c2cc1Cl. The summed E-state index contributed by atoms with van der Waals surface area (Å²) in [6.07, 6.45) is -0.183. The number of carboxylic acids is 1. The molecule has 0 atom stereocenters. The van der Waals surface area contributed by atoms with Gasteiger partial charge in [0.2, 0.25) is 0 Å². The van der Waals surface area contributed by atoms with Crippen LogP contribution in [-0.4, -0.2) is 28.7 Å². The Labute approximate surface area is 147 Å². The van der Waals surface area contributed by atoms with Gasteiger partial charge in [0.25, 0.3) is 5.91 Å². The van der Waals surface area contributed by atoms with Crippen LogP contribution in [0.3, 0.4) is 0 Å². The van der Waals surface area contributed by atoms with E-state index in [0.717, 1.165) is 0 Å². The molecule has 0 aliphatic heterocycles. The molecule has 0 saturated carbocycles. The van der Waals surface area contributed by atoms with Gasteiger partial charge < -0.3 is 9.84 Å². The van der Waals surface area contributed by atoms with E-state index in [2.05, 4.69) is 0 Å². The quantitative estimate of drug-likeness (QED) is 0.761. The van der Waals surface area contributed by atoms with Crippen molar-refractivity contribution in [2.45, 2.75) is 13.3 Å². The summed E-state index contributed by atoms with van der Waals surface area (Å²) >= 11 is 7.63. The fourth-order valence-corrected chi connectivity index (χ4v) is 3.65. The van der Waals surface area contributed by atoms with Gasteiger partial charge in [-0.1, -0.05) is 11.6 Å². The van der Waals surface area contributed by atoms with Crippen LogP contribution in [0.4, 0.5) is 0 Å². The number of carboxylic acid groups (broad SMARTS) is 1. The van der Waals surface area contributed by atoms with Crippen LogP contribution in [0.5, 0.6) is 5.75 Å². The lowest BCUT2D eigenvalue weighted by atomic mass is 10.1. The van der Waals surface area contributed by atoms with Crippen LogP contribution < -0.4 is 4.74 Å². The third-order valence-electron chi connectivity index (χ3n) is 3.91. The molecule has 5 nitrogen and oxygen atoms in total. The van der Waals surface area contributed by atoms with E-state index in [4.69, 9.17) is 16.3 Å². The minimum atomic E-state index is -0.964. The summed E-state index contributed by atoms with van der Waals surface area (Å²) < 4.78 is 6.74. The number of nitrogens with zero attached hydrogens (tertiary/aromatic N) is 1. The van der Waals surface area contributed by atoms with Gasteiger partial charge in [0.1, 0.15) is 5.75 Å². The summed E-state index contributed by atoms with van der Waals surface area (Å²) in [7, 11) is 1.49. The number of hydrogen-bond donors (Lipinski definition) is 1. The van der Waals surface area contributed by atoms with Crippen molar-refractivity contribution in [2.24, 2.45) is 0 Å². The molecule has 124 valence electrons. The molecule has 0 radical (unpaired) electrons. The molecule has 0 aliphatic rings. The van der Waals surface area contributed by atoms with Crippen molar-refractivity contribution in [1.82, 2.24) is 4.57 Å². The minimum Gasteiger partial charge on any atom is -0.495 e. The Balaban J connectivity index is 2.32. The van der Waals surface area contributed by atoms with Crippen molar-refractivity contribution < 1.29 is 19.4 Å². The number of fused-ring (bicyclic) bond motifs is 1. The van der Waals surface area contributed by atoms with Crippen molar-refractivity contribution in [3.8, 4) is 5.75 Å². The second-order valence-corrected chi connectivity index (χ2v) is 6.48. The maximum Gasteiger partial charge on any atom is 0.307 e. The fourth-order valence-electron chi connectivity index (χ4n) is 2.79. The van der Waals surface area contributed by atoms with E-state index in [-0.39, 0.29) is 12.3 Å². The van der Waals surface area contributed by atoms with Gasteiger partial charge in [0, 0.05) is 16.5 Å². The summed E-state index contributed by atoms with van der Waals surface area (Å²) in [5.74, 6) is -0.735. The Morgan fingerprint density at radius 3 is 2.71 bits per heavy atom. The molecule has 2 heterocycles. The van der Waals surface area contributed by atoms with Gasteiger partial charge in [0.15, 0.2) is 0 Å². The number of aliphatic carboxylic acids is 1. The minimum absolute atomic E-state index is 0.183. The first kappa shape index (κ1) is 16.5. The number of ether oxygens (including phenoxy) is 1. The zero-order valence-electron chi connectivity index (χ0n) is 13.0. The van der Waals surface area contributed by atoms with E-state index in [1.165, 1.54) is 23.0 Å². The van der Waals surface area contributed by atoms with E-state index < -0.39 is 5.97 Å². The molecule has 3 aromatic rings. The lowest BCUT2D eigenvalue weighted by Crippen LogP contribution is -2.13. The predicted molar refractivity (Wildman–Crippen MR) is 93.6 cm³/mol. The van der Waals surface area contributed by atoms with E-state index in [1.807, 2.05) is 5.38 Å². The largest absolute Gasteiger partial charge is 0.495 e. The number of carbonyl (C=O) groups excluding carboxylic acids is 1. The van der Waals surface area contributed by atoms with Crippen LogP contribution in [-0.2, 0) is 11.2 Å². The van der Waals surface area contributed by atoms with Gasteiger partial charge in [-0.3, -0.25) is 14.2 Å². The average molecular weight is 364 g/mol. The van der Waals surface area contributed by atoms with Crippen LogP contribution in [0.1, 0.15) is 21.6 Å². The topological polar surface area (TPSA) is 68.5 Å².